The van der Waals surface area contributed by atoms with E-state index in [0.717, 1.165) is 18.9 Å². The maximum Gasteiger partial charge on any atom is 0.190 e. The zero-order valence-electron chi connectivity index (χ0n) is 6.07. The fourth-order valence-corrected chi connectivity index (χ4v) is 0.486. The minimum Gasteiger partial charge on any atom is -0.359 e. The second-order valence-electron chi connectivity index (χ2n) is 1.60. The largest absolute Gasteiger partial charge is 0.359 e. The van der Waals surface area contributed by atoms with E-state index in [-0.39, 0.29) is 0 Å². The van der Waals surface area contributed by atoms with Crippen molar-refractivity contribution in [3.8, 4) is 0 Å². The first kappa shape index (κ1) is 8.27. The summed E-state index contributed by atoms with van der Waals surface area (Å²) in [6.45, 7) is 4.55. The van der Waals surface area contributed by atoms with Gasteiger partial charge in [-0.25, -0.2) is 0 Å². The van der Waals surface area contributed by atoms with Crippen LogP contribution in [0, 0.1) is 6.92 Å². The molecule has 0 saturated heterocycles. The Hall–Kier alpha value is -0.730. The van der Waals surface area contributed by atoms with Gasteiger partial charge in [0.1, 0.15) is 0 Å². The molecule has 0 spiro atoms. The summed E-state index contributed by atoms with van der Waals surface area (Å²) in [6.07, 6.45) is 0.876. The van der Waals surface area contributed by atoms with Gasteiger partial charge < -0.3 is 10.6 Å². The van der Waals surface area contributed by atoms with Crippen LogP contribution in [0.1, 0.15) is 6.42 Å². The van der Waals surface area contributed by atoms with Crippen molar-refractivity contribution in [2.24, 2.45) is 4.99 Å². The summed E-state index contributed by atoms with van der Waals surface area (Å²) in [6, 6.07) is 0. The van der Waals surface area contributed by atoms with Crippen LogP contribution >= 0.6 is 0 Å². The fraction of sp³-hybridized carbons (Fsp3) is 0.667. The van der Waals surface area contributed by atoms with Crippen molar-refractivity contribution >= 4 is 5.96 Å². The molecule has 53 valence electrons. The predicted molar refractivity (Wildman–Crippen MR) is 40.4 cm³/mol. The molecule has 0 unspecified atom stereocenters. The number of guanidine groups is 1. The SMILES string of the molecule is [CH2]CCNC(=NC)NC. The van der Waals surface area contributed by atoms with Crippen molar-refractivity contribution in [2.45, 2.75) is 6.42 Å². The van der Waals surface area contributed by atoms with Gasteiger partial charge in [0.05, 0.1) is 0 Å². The van der Waals surface area contributed by atoms with Gasteiger partial charge in [-0.05, 0) is 6.42 Å². The average molecular weight is 128 g/mol. The van der Waals surface area contributed by atoms with Crippen molar-refractivity contribution in [3.63, 3.8) is 0 Å². The van der Waals surface area contributed by atoms with E-state index in [4.69, 9.17) is 0 Å². The first-order valence-corrected chi connectivity index (χ1v) is 3.02. The van der Waals surface area contributed by atoms with E-state index >= 15 is 0 Å². The third-order valence-electron chi connectivity index (χ3n) is 0.930. The summed E-state index contributed by atoms with van der Waals surface area (Å²) in [4.78, 5) is 3.91. The van der Waals surface area contributed by atoms with E-state index in [1.54, 1.807) is 7.05 Å². The number of hydrogen-bond donors (Lipinski definition) is 2. The highest BCUT2D eigenvalue weighted by Gasteiger charge is 1.87. The van der Waals surface area contributed by atoms with E-state index in [2.05, 4.69) is 22.5 Å². The molecular weight excluding hydrogens is 114 g/mol. The highest BCUT2D eigenvalue weighted by Crippen LogP contribution is 1.68. The third kappa shape index (κ3) is 3.82. The van der Waals surface area contributed by atoms with Crippen molar-refractivity contribution in [1.29, 1.82) is 0 Å². The summed E-state index contributed by atoms with van der Waals surface area (Å²) in [5, 5.41) is 5.94. The molecule has 0 atom stereocenters. The summed E-state index contributed by atoms with van der Waals surface area (Å²) in [5.41, 5.74) is 0. The van der Waals surface area contributed by atoms with E-state index in [9.17, 15) is 0 Å². The molecule has 1 radical (unpaired) electrons. The second kappa shape index (κ2) is 5.41. The third-order valence-corrected chi connectivity index (χ3v) is 0.930. The van der Waals surface area contributed by atoms with Crippen LogP contribution in [-0.2, 0) is 0 Å². The number of aliphatic imine (C=N–C) groups is 1. The molecule has 0 aliphatic carbocycles. The number of nitrogens with one attached hydrogen (secondary N) is 2. The van der Waals surface area contributed by atoms with Crippen LogP contribution in [0.25, 0.3) is 0 Å². The molecule has 9 heavy (non-hydrogen) atoms. The summed E-state index contributed by atoms with van der Waals surface area (Å²) < 4.78 is 0. The maximum absolute atomic E-state index is 3.91. The van der Waals surface area contributed by atoms with Gasteiger partial charge in [-0.3, -0.25) is 4.99 Å². The number of nitrogens with zero attached hydrogens (tertiary/aromatic N) is 1. The Bertz CT molecular complexity index is 88.3. The quantitative estimate of drug-likeness (QED) is 0.406. The second-order valence-corrected chi connectivity index (χ2v) is 1.60. The highest BCUT2D eigenvalue weighted by atomic mass is 15.1. The standard InChI is InChI=1S/C6H14N3/c1-4-5-9-6(7-2)8-3/h1,4-5H2,2-3H3,(H2,7,8,9). The first-order chi connectivity index (χ1) is 4.35. The summed E-state index contributed by atoms with van der Waals surface area (Å²) >= 11 is 0. The molecule has 0 aliphatic rings. The van der Waals surface area contributed by atoms with Crippen LogP contribution < -0.4 is 10.6 Å². The van der Waals surface area contributed by atoms with E-state index in [1.807, 2.05) is 7.05 Å². The lowest BCUT2D eigenvalue weighted by atomic mass is 10.5. The molecule has 0 amide bonds. The Morgan fingerprint density at radius 1 is 1.67 bits per heavy atom. The van der Waals surface area contributed by atoms with Crippen molar-refractivity contribution in [2.75, 3.05) is 20.6 Å². The van der Waals surface area contributed by atoms with Gasteiger partial charge in [-0.1, -0.05) is 6.92 Å². The van der Waals surface area contributed by atoms with E-state index in [0.29, 0.717) is 0 Å². The molecule has 0 aromatic carbocycles. The Morgan fingerprint density at radius 2 is 2.33 bits per heavy atom. The van der Waals surface area contributed by atoms with Gasteiger partial charge in [0.15, 0.2) is 5.96 Å². The van der Waals surface area contributed by atoms with Gasteiger partial charge >= 0.3 is 0 Å². The minimum atomic E-state index is 0.818. The summed E-state index contributed by atoms with van der Waals surface area (Å²) in [5.74, 6) is 0.818. The topological polar surface area (TPSA) is 36.4 Å². The smallest absolute Gasteiger partial charge is 0.190 e. The Morgan fingerprint density at radius 3 is 2.67 bits per heavy atom. The molecule has 0 heterocycles. The van der Waals surface area contributed by atoms with E-state index in [1.165, 1.54) is 0 Å². The molecule has 0 rings (SSSR count). The molecule has 3 nitrogen and oxygen atoms in total. The van der Waals surface area contributed by atoms with Crippen LogP contribution in [0.4, 0.5) is 0 Å². The molecule has 2 N–H and O–H groups in total. The van der Waals surface area contributed by atoms with Crippen molar-refractivity contribution in [3.05, 3.63) is 6.92 Å². The lowest BCUT2D eigenvalue weighted by Crippen LogP contribution is -2.34. The molecular formula is C6H14N3. The summed E-state index contributed by atoms with van der Waals surface area (Å²) in [7, 11) is 3.57. The van der Waals surface area contributed by atoms with Crippen molar-refractivity contribution < 1.29 is 0 Å². The van der Waals surface area contributed by atoms with Gasteiger partial charge in [0.25, 0.3) is 0 Å². The van der Waals surface area contributed by atoms with E-state index < -0.39 is 0 Å². The lowest BCUT2D eigenvalue weighted by Gasteiger charge is -2.05. The fourth-order valence-electron chi connectivity index (χ4n) is 0.486. The minimum absolute atomic E-state index is 0.818. The number of hydrogen-bond acceptors (Lipinski definition) is 1. The molecule has 0 bridgehead atoms. The van der Waals surface area contributed by atoms with Gasteiger partial charge in [0.2, 0.25) is 0 Å². The average Bonchev–Trinajstić information content (AvgIpc) is 1.91. The number of rotatable bonds is 2. The van der Waals surface area contributed by atoms with Gasteiger partial charge in [-0.15, -0.1) is 0 Å². The molecule has 0 saturated carbocycles. The normalized spacial score (nSPS) is 11.2. The van der Waals surface area contributed by atoms with Crippen molar-refractivity contribution in [1.82, 2.24) is 10.6 Å². The molecule has 0 fully saturated rings. The van der Waals surface area contributed by atoms with Crippen LogP contribution in [0.2, 0.25) is 0 Å². The predicted octanol–water partition coefficient (Wildman–Crippen LogP) is 0.00539. The Labute approximate surface area is 56.6 Å². The van der Waals surface area contributed by atoms with Gasteiger partial charge in [0, 0.05) is 20.6 Å². The van der Waals surface area contributed by atoms with Crippen LogP contribution in [0.3, 0.4) is 0 Å². The molecule has 0 aromatic heterocycles. The van der Waals surface area contributed by atoms with Crippen LogP contribution in [0.15, 0.2) is 4.99 Å². The van der Waals surface area contributed by atoms with Crippen LogP contribution in [-0.4, -0.2) is 26.6 Å². The first-order valence-electron chi connectivity index (χ1n) is 3.02. The maximum atomic E-state index is 3.91. The zero-order valence-corrected chi connectivity index (χ0v) is 6.07. The monoisotopic (exact) mass is 128 g/mol. The Balaban J connectivity index is 3.33. The molecule has 0 aliphatic heterocycles. The Kier molecular flexibility index (Phi) is 4.97. The molecule has 0 aromatic rings. The zero-order chi connectivity index (χ0) is 7.11. The van der Waals surface area contributed by atoms with Crippen LogP contribution in [0.5, 0.6) is 0 Å². The van der Waals surface area contributed by atoms with Gasteiger partial charge in [-0.2, -0.15) is 0 Å². The highest BCUT2D eigenvalue weighted by molar-refractivity contribution is 5.79. The molecule has 3 heteroatoms. The lowest BCUT2D eigenvalue weighted by molar-refractivity contribution is 0.850.